The summed E-state index contributed by atoms with van der Waals surface area (Å²) < 4.78 is 1.95. The Morgan fingerprint density at radius 1 is 1.15 bits per heavy atom. The molecule has 0 atom stereocenters. The summed E-state index contributed by atoms with van der Waals surface area (Å²) in [6, 6.07) is 17.7. The van der Waals surface area contributed by atoms with Crippen molar-refractivity contribution in [2.75, 3.05) is 12.8 Å². The maximum Gasteiger partial charge on any atom is 0.267 e. The first-order chi connectivity index (χ1) is 19.5. The van der Waals surface area contributed by atoms with Crippen LogP contribution in [-0.2, 0) is 6.54 Å². The minimum absolute atomic E-state index is 0.150. The van der Waals surface area contributed by atoms with Gasteiger partial charge in [-0.1, -0.05) is 42.5 Å². The van der Waals surface area contributed by atoms with Crippen molar-refractivity contribution in [2.45, 2.75) is 51.3 Å². The first kappa shape index (κ1) is 27.0. The summed E-state index contributed by atoms with van der Waals surface area (Å²) in [6.45, 7) is 2.29. The average molecular weight is 539 g/mol. The summed E-state index contributed by atoms with van der Waals surface area (Å²) in [4.78, 5) is 28.1. The van der Waals surface area contributed by atoms with Crippen LogP contribution >= 0.6 is 0 Å². The maximum absolute atomic E-state index is 12.6. The van der Waals surface area contributed by atoms with Gasteiger partial charge in [0.25, 0.3) is 5.91 Å². The highest BCUT2D eigenvalue weighted by Crippen LogP contribution is 2.35. The van der Waals surface area contributed by atoms with Crippen LogP contribution in [0.15, 0.2) is 65.9 Å². The van der Waals surface area contributed by atoms with Gasteiger partial charge in [0.1, 0.15) is 23.5 Å². The highest BCUT2D eigenvalue weighted by molar-refractivity contribution is 5.99. The molecule has 206 valence electrons. The molecule has 5 aromatic rings. The van der Waals surface area contributed by atoms with Crippen LogP contribution in [0.1, 0.15) is 54.7 Å². The van der Waals surface area contributed by atoms with Crippen molar-refractivity contribution in [3.63, 3.8) is 0 Å². The van der Waals surface area contributed by atoms with E-state index in [1.165, 1.54) is 6.33 Å². The standard InChI is InChI=1S/C27H27N7O2.C3H7N/c28-25-23-24(33-34(26(23)31-15-30-25)19-9-11-20(35)12-10-19)17-7-5-16(6-8-17)14-29-27(36)22-13-18-3-1-2-4-21(18)32-22;1-3-4-2/h1-8,13,15,19-20,32,35H,9-12,14H2,(H,29,36)(H2,28,30,31);3H,1-2H3. The third kappa shape index (κ3) is 5.72. The van der Waals surface area contributed by atoms with Crippen LogP contribution in [-0.4, -0.2) is 55.1 Å². The van der Waals surface area contributed by atoms with Crippen molar-refractivity contribution in [1.82, 2.24) is 30.0 Å². The zero-order chi connectivity index (χ0) is 28.1. The highest BCUT2D eigenvalue weighted by Gasteiger charge is 2.26. The molecule has 0 radical (unpaired) electrons. The summed E-state index contributed by atoms with van der Waals surface area (Å²) in [7, 11) is 1.75. The number of fused-ring (bicyclic) bond motifs is 2. The lowest BCUT2D eigenvalue weighted by Gasteiger charge is -2.25. The molecule has 10 heteroatoms. The second kappa shape index (κ2) is 12.1. The number of benzene rings is 2. The largest absolute Gasteiger partial charge is 0.393 e. The van der Waals surface area contributed by atoms with Crippen molar-refractivity contribution in [1.29, 1.82) is 0 Å². The molecule has 6 rings (SSSR count). The maximum atomic E-state index is 12.6. The van der Waals surface area contributed by atoms with E-state index >= 15 is 0 Å². The monoisotopic (exact) mass is 538 g/mol. The Morgan fingerprint density at radius 2 is 1.88 bits per heavy atom. The molecule has 3 aromatic heterocycles. The van der Waals surface area contributed by atoms with E-state index < -0.39 is 0 Å². The number of para-hydroxylation sites is 1. The Hall–Kier alpha value is -4.57. The van der Waals surface area contributed by atoms with Gasteiger partial charge in [-0.25, -0.2) is 14.6 Å². The third-order valence-electron chi connectivity index (χ3n) is 7.24. The van der Waals surface area contributed by atoms with Crippen LogP contribution in [0.3, 0.4) is 0 Å². The Balaban J connectivity index is 0.000000758. The first-order valence-corrected chi connectivity index (χ1v) is 13.5. The van der Waals surface area contributed by atoms with Crippen LogP contribution in [0.4, 0.5) is 5.82 Å². The number of rotatable bonds is 5. The molecule has 10 nitrogen and oxygen atoms in total. The molecular formula is C30H34N8O2. The van der Waals surface area contributed by atoms with Gasteiger partial charge in [0, 0.05) is 30.1 Å². The number of anilines is 1. The van der Waals surface area contributed by atoms with Crippen molar-refractivity contribution in [2.24, 2.45) is 4.99 Å². The zero-order valence-electron chi connectivity index (χ0n) is 22.7. The van der Waals surface area contributed by atoms with Gasteiger partial charge in [-0.05, 0) is 56.5 Å². The van der Waals surface area contributed by atoms with Crippen LogP contribution < -0.4 is 11.1 Å². The zero-order valence-corrected chi connectivity index (χ0v) is 22.7. The molecule has 3 heterocycles. The molecule has 1 fully saturated rings. The van der Waals surface area contributed by atoms with Crippen LogP contribution in [0, 0.1) is 0 Å². The molecule has 1 amide bonds. The van der Waals surface area contributed by atoms with E-state index in [1.807, 2.05) is 66.2 Å². The predicted molar refractivity (Wildman–Crippen MR) is 158 cm³/mol. The predicted octanol–water partition coefficient (Wildman–Crippen LogP) is 4.67. The summed E-state index contributed by atoms with van der Waals surface area (Å²) in [5, 5.41) is 19.5. The van der Waals surface area contributed by atoms with Crippen LogP contribution in [0.2, 0.25) is 0 Å². The van der Waals surface area contributed by atoms with Gasteiger partial charge in [0.2, 0.25) is 0 Å². The number of hydrogen-bond acceptors (Lipinski definition) is 7. The van der Waals surface area contributed by atoms with Crippen LogP contribution in [0.5, 0.6) is 0 Å². The van der Waals surface area contributed by atoms with E-state index in [9.17, 15) is 9.90 Å². The average Bonchev–Trinajstić information content (AvgIpc) is 3.60. The second-order valence-electron chi connectivity index (χ2n) is 9.88. The minimum atomic E-state index is -0.244. The van der Waals surface area contributed by atoms with Gasteiger partial charge in [0.15, 0.2) is 5.65 Å². The number of aliphatic imine (C=N–C) groups is 1. The highest BCUT2D eigenvalue weighted by atomic mass is 16.3. The van der Waals surface area contributed by atoms with Crippen LogP contribution in [0.25, 0.3) is 33.2 Å². The SMILES string of the molecule is CC=NC.Nc1ncnc2c1c(-c1ccc(CNC(=O)c3cc4ccccc4[nH]3)cc1)nn2C1CCC(O)CC1. The van der Waals surface area contributed by atoms with Gasteiger partial charge in [-0.3, -0.25) is 4.79 Å². The number of nitrogens with zero attached hydrogens (tertiary/aromatic N) is 5. The third-order valence-corrected chi connectivity index (χ3v) is 7.24. The lowest BCUT2D eigenvalue weighted by molar-refractivity contribution is 0.0946. The number of carbonyl (C=O) groups excluding carboxylic acids is 1. The number of aliphatic hydroxyl groups excluding tert-OH is 1. The van der Waals surface area contributed by atoms with E-state index in [1.54, 1.807) is 13.3 Å². The number of hydrogen-bond donors (Lipinski definition) is 4. The number of nitrogens with one attached hydrogen (secondary N) is 2. The van der Waals surface area contributed by atoms with E-state index in [2.05, 4.69) is 25.3 Å². The Bertz CT molecular complexity index is 1590. The first-order valence-electron chi connectivity index (χ1n) is 13.5. The molecule has 1 aliphatic carbocycles. The summed E-state index contributed by atoms with van der Waals surface area (Å²) in [5.41, 5.74) is 11.1. The lowest BCUT2D eigenvalue weighted by atomic mass is 9.93. The van der Waals surface area contributed by atoms with Crippen molar-refractivity contribution in [3.8, 4) is 11.3 Å². The van der Waals surface area contributed by atoms with Gasteiger partial charge in [-0.2, -0.15) is 5.10 Å². The Kier molecular flexibility index (Phi) is 8.16. The number of carbonyl (C=O) groups is 1. The summed E-state index contributed by atoms with van der Waals surface area (Å²) in [6.07, 6.45) is 6.16. The van der Waals surface area contributed by atoms with Crippen molar-refractivity contribution >= 4 is 39.9 Å². The molecule has 0 saturated heterocycles. The number of nitrogens with two attached hydrogens (primary N) is 1. The Morgan fingerprint density at radius 3 is 2.58 bits per heavy atom. The molecule has 40 heavy (non-hydrogen) atoms. The van der Waals surface area contributed by atoms with Gasteiger partial charge in [0.05, 0.1) is 17.5 Å². The number of nitrogen functional groups attached to an aromatic ring is 1. The van der Waals surface area contributed by atoms with E-state index in [0.29, 0.717) is 23.7 Å². The minimum Gasteiger partial charge on any atom is -0.393 e. The molecule has 0 spiro atoms. The van der Waals surface area contributed by atoms with Gasteiger partial charge in [-0.15, -0.1) is 0 Å². The quantitative estimate of drug-likeness (QED) is 0.239. The fourth-order valence-corrected chi connectivity index (χ4v) is 5.01. The molecule has 0 aliphatic heterocycles. The topological polar surface area (TPSA) is 147 Å². The van der Waals surface area contributed by atoms with Gasteiger partial charge < -0.3 is 26.1 Å². The normalized spacial score (nSPS) is 17.2. The summed E-state index contributed by atoms with van der Waals surface area (Å²) in [5.74, 6) is 0.245. The Labute approximate surface area is 232 Å². The molecule has 0 unspecified atom stereocenters. The molecule has 2 aromatic carbocycles. The number of amides is 1. The number of aromatic amines is 1. The van der Waals surface area contributed by atoms with E-state index in [4.69, 9.17) is 10.8 Å². The second-order valence-corrected chi connectivity index (χ2v) is 9.88. The number of H-pyrrole nitrogens is 1. The lowest BCUT2D eigenvalue weighted by Crippen LogP contribution is -2.23. The smallest absolute Gasteiger partial charge is 0.267 e. The van der Waals surface area contributed by atoms with Crippen molar-refractivity contribution < 1.29 is 9.90 Å². The van der Waals surface area contributed by atoms with E-state index in [0.717, 1.165) is 58.8 Å². The summed E-state index contributed by atoms with van der Waals surface area (Å²) >= 11 is 0. The molecular weight excluding hydrogens is 504 g/mol. The fraction of sp³-hybridized carbons (Fsp3) is 0.300. The molecule has 1 aliphatic rings. The fourth-order valence-electron chi connectivity index (χ4n) is 5.01. The van der Waals surface area contributed by atoms with Gasteiger partial charge >= 0.3 is 0 Å². The number of aromatic nitrogens is 5. The van der Waals surface area contributed by atoms with Crippen molar-refractivity contribution in [3.05, 3.63) is 72.2 Å². The molecule has 1 saturated carbocycles. The molecule has 0 bridgehead atoms. The van der Waals surface area contributed by atoms with E-state index in [-0.39, 0.29) is 18.1 Å². The number of aliphatic hydroxyl groups is 1. The molecule has 5 N–H and O–H groups in total.